The van der Waals surface area contributed by atoms with Crippen LogP contribution in [0, 0.1) is 0 Å². The maximum atomic E-state index is 12.1. The topological polar surface area (TPSA) is 64.1 Å². The van der Waals surface area contributed by atoms with Crippen molar-refractivity contribution >= 4 is 23.9 Å². The highest BCUT2D eigenvalue weighted by Gasteiger charge is 2.28. The Bertz CT molecular complexity index is 989. The van der Waals surface area contributed by atoms with Crippen molar-refractivity contribution in [3.05, 3.63) is 83.7 Å². The highest BCUT2D eigenvalue weighted by molar-refractivity contribution is 7.98. The van der Waals surface area contributed by atoms with Crippen LogP contribution in [0.5, 0.6) is 0 Å². The van der Waals surface area contributed by atoms with E-state index in [1.165, 1.54) is 34.0 Å². The van der Waals surface area contributed by atoms with Crippen LogP contribution in [-0.2, 0) is 4.74 Å². The molecule has 6 heteroatoms. The van der Waals surface area contributed by atoms with Gasteiger partial charge in [0, 0.05) is 30.4 Å². The van der Waals surface area contributed by atoms with Gasteiger partial charge in [-0.1, -0.05) is 72.4 Å². The molecule has 4 rings (SSSR count). The largest absolute Gasteiger partial charge is 0.449 e. The van der Waals surface area contributed by atoms with Crippen LogP contribution in [0.2, 0.25) is 0 Å². The summed E-state index contributed by atoms with van der Waals surface area (Å²) in [6, 6.07) is 16.6. The predicted octanol–water partition coefficient (Wildman–Crippen LogP) is 4.75. The summed E-state index contributed by atoms with van der Waals surface area (Å²) >= 11 is 1.50. The van der Waals surface area contributed by atoms with Gasteiger partial charge in [-0.2, -0.15) is 0 Å². The first kappa shape index (κ1) is 19.2. The van der Waals surface area contributed by atoms with Crippen molar-refractivity contribution in [1.29, 1.82) is 0 Å². The molecule has 0 unspecified atom stereocenters. The number of benzene rings is 2. The van der Waals surface area contributed by atoms with E-state index in [1.54, 1.807) is 12.4 Å². The molecule has 0 saturated carbocycles. The molecule has 1 N–H and O–H groups in total. The van der Waals surface area contributed by atoms with Crippen molar-refractivity contribution < 1.29 is 9.53 Å². The number of fused-ring (bicyclic) bond motifs is 3. The molecule has 1 aliphatic rings. The number of ether oxygens (including phenoxy) is 1. The Kier molecular flexibility index (Phi) is 5.91. The van der Waals surface area contributed by atoms with Crippen LogP contribution >= 0.6 is 11.8 Å². The minimum absolute atomic E-state index is 0.0655. The third-order valence-electron chi connectivity index (χ3n) is 4.85. The van der Waals surface area contributed by atoms with Crippen molar-refractivity contribution in [3.63, 3.8) is 0 Å². The van der Waals surface area contributed by atoms with Gasteiger partial charge in [0.1, 0.15) is 6.61 Å². The molecular formula is C23H21N3O2S. The molecule has 0 atom stereocenters. The molecule has 0 bridgehead atoms. The number of hydrogen-bond acceptors (Lipinski definition) is 5. The van der Waals surface area contributed by atoms with E-state index in [2.05, 4.69) is 39.6 Å². The smallest absolute Gasteiger partial charge is 0.407 e. The molecular weight excluding hydrogens is 382 g/mol. The molecule has 1 aromatic heterocycles. The summed E-state index contributed by atoms with van der Waals surface area (Å²) in [6.07, 6.45) is 8.73. The molecule has 0 saturated heterocycles. The fourth-order valence-electron chi connectivity index (χ4n) is 3.50. The van der Waals surface area contributed by atoms with E-state index in [-0.39, 0.29) is 5.92 Å². The predicted molar refractivity (Wildman–Crippen MR) is 116 cm³/mol. The van der Waals surface area contributed by atoms with Crippen LogP contribution in [0.15, 0.2) is 72.2 Å². The fourth-order valence-corrected chi connectivity index (χ4v) is 3.82. The summed E-state index contributed by atoms with van der Waals surface area (Å²) in [5.74, 6) is 0.0655. The molecule has 0 aliphatic heterocycles. The second-order valence-corrected chi connectivity index (χ2v) is 7.39. The number of thioether (sulfide) groups is 1. The standard InChI is InChI=1S/C23H21N3O2S/c1-29-22-25-13-16(14-26-22)7-6-12-24-23(27)28-15-21-19-10-4-2-8-17(19)18-9-3-5-11-20(18)21/h2-11,13-14,21H,12,15H2,1H3,(H,24,27). The average Bonchev–Trinajstić information content (AvgIpc) is 3.09. The van der Waals surface area contributed by atoms with Gasteiger partial charge in [-0.25, -0.2) is 14.8 Å². The molecule has 1 amide bonds. The minimum atomic E-state index is -0.425. The third-order valence-corrected chi connectivity index (χ3v) is 5.42. The van der Waals surface area contributed by atoms with Gasteiger partial charge in [0.05, 0.1) is 0 Å². The zero-order chi connectivity index (χ0) is 20.1. The second kappa shape index (κ2) is 8.92. The van der Waals surface area contributed by atoms with E-state index in [0.717, 1.165) is 10.7 Å². The lowest BCUT2D eigenvalue weighted by atomic mass is 9.98. The Morgan fingerprint density at radius 3 is 2.31 bits per heavy atom. The first-order chi connectivity index (χ1) is 14.3. The zero-order valence-electron chi connectivity index (χ0n) is 16.0. The van der Waals surface area contributed by atoms with Gasteiger partial charge in [0.15, 0.2) is 5.16 Å². The summed E-state index contributed by atoms with van der Waals surface area (Å²) in [4.78, 5) is 20.5. The zero-order valence-corrected chi connectivity index (χ0v) is 16.9. The van der Waals surface area contributed by atoms with E-state index < -0.39 is 6.09 Å². The van der Waals surface area contributed by atoms with Crippen molar-refractivity contribution in [2.24, 2.45) is 0 Å². The van der Waals surface area contributed by atoms with E-state index in [9.17, 15) is 4.79 Å². The molecule has 3 aromatic rings. The number of carbonyl (C=O) groups is 1. The van der Waals surface area contributed by atoms with Crippen LogP contribution in [0.1, 0.15) is 22.6 Å². The normalized spacial score (nSPS) is 12.6. The van der Waals surface area contributed by atoms with E-state index in [0.29, 0.717) is 13.2 Å². The number of nitrogens with one attached hydrogen (secondary N) is 1. The molecule has 0 fully saturated rings. The quantitative estimate of drug-likeness (QED) is 0.475. The van der Waals surface area contributed by atoms with Gasteiger partial charge < -0.3 is 10.1 Å². The fraction of sp³-hybridized carbons (Fsp3) is 0.174. The lowest BCUT2D eigenvalue weighted by Gasteiger charge is -2.14. The average molecular weight is 404 g/mol. The first-order valence-electron chi connectivity index (χ1n) is 9.37. The summed E-state index contributed by atoms with van der Waals surface area (Å²) < 4.78 is 5.51. The molecule has 29 heavy (non-hydrogen) atoms. The van der Waals surface area contributed by atoms with Crippen molar-refractivity contribution in [3.8, 4) is 11.1 Å². The van der Waals surface area contributed by atoms with Gasteiger partial charge in [-0.3, -0.25) is 0 Å². The maximum Gasteiger partial charge on any atom is 0.407 e. The summed E-state index contributed by atoms with van der Waals surface area (Å²) in [7, 11) is 0. The van der Waals surface area contributed by atoms with Crippen LogP contribution in [-0.4, -0.2) is 35.5 Å². The van der Waals surface area contributed by atoms with Crippen molar-refractivity contribution in [1.82, 2.24) is 15.3 Å². The monoisotopic (exact) mass is 403 g/mol. The lowest BCUT2D eigenvalue weighted by molar-refractivity contribution is 0.144. The number of carbonyl (C=O) groups excluding carboxylic acids is 1. The van der Waals surface area contributed by atoms with E-state index in [1.807, 2.05) is 42.7 Å². The molecule has 5 nitrogen and oxygen atoms in total. The number of aromatic nitrogens is 2. The van der Waals surface area contributed by atoms with Crippen molar-refractivity contribution in [2.75, 3.05) is 19.4 Å². The SMILES string of the molecule is CSc1ncc(C=CCNC(=O)OCC2c3ccccc3-c3ccccc32)cn1. The minimum Gasteiger partial charge on any atom is -0.449 e. The first-order valence-corrected chi connectivity index (χ1v) is 10.6. The number of alkyl carbamates (subject to hydrolysis) is 1. The van der Waals surface area contributed by atoms with Crippen LogP contribution in [0.4, 0.5) is 4.79 Å². The molecule has 1 heterocycles. The van der Waals surface area contributed by atoms with Gasteiger partial charge in [-0.15, -0.1) is 0 Å². The Morgan fingerprint density at radius 2 is 1.69 bits per heavy atom. The third kappa shape index (κ3) is 4.32. The van der Waals surface area contributed by atoms with Crippen LogP contribution in [0.25, 0.3) is 17.2 Å². The maximum absolute atomic E-state index is 12.1. The molecule has 0 radical (unpaired) electrons. The Balaban J connectivity index is 1.31. The van der Waals surface area contributed by atoms with Crippen molar-refractivity contribution in [2.45, 2.75) is 11.1 Å². The Morgan fingerprint density at radius 1 is 1.07 bits per heavy atom. The number of nitrogens with zero attached hydrogens (tertiary/aromatic N) is 2. The van der Waals surface area contributed by atoms with Gasteiger partial charge in [-0.05, 0) is 28.5 Å². The highest BCUT2D eigenvalue weighted by atomic mass is 32.2. The summed E-state index contributed by atoms with van der Waals surface area (Å²) in [6.45, 7) is 0.689. The Hall–Kier alpha value is -3.12. The second-order valence-electron chi connectivity index (χ2n) is 6.61. The molecule has 146 valence electrons. The van der Waals surface area contributed by atoms with Crippen LogP contribution in [0.3, 0.4) is 0 Å². The molecule has 2 aromatic carbocycles. The van der Waals surface area contributed by atoms with E-state index in [4.69, 9.17) is 4.74 Å². The molecule has 1 aliphatic carbocycles. The lowest BCUT2D eigenvalue weighted by Crippen LogP contribution is -2.26. The highest BCUT2D eigenvalue weighted by Crippen LogP contribution is 2.44. The van der Waals surface area contributed by atoms with E-state index >= 15 is 0 Å². The van der Waals surface area contributed by atoms with Crippen LogP contribution < -0.4 is 5.32 Å². The summed E-state index contributed by atoms with van der Waals surface area (Å²) in [5.41, 5.74) is 5.73. The Labute approximate surface area is 174 Å². The number of amides is 1. The number of rotatable bonds is 6. The van der Waals surface area contributed by atoms with Gasteiger partial charge in [0.2, 0.25) is 0 Å². The summed E-state index contributed by atoms with van der Waals surface area (Å²) in [5, 5.41) is 3.49. The van der Waals surface area contributed by atoms with Gasteiger partial charge in [0.25, 0.3) is 0 Å². The van der Waals surface area contributed by atoms with Gasteiger partial charge >= 0.3 is 6.09 Å². The molecule has 0 spiro atoms. The number of hydrogen-bond donors (Lipinski definition) is 1.